The summed E-state index contributed by atoms with van der Waals surface area (Å²) in [4.78, 5) is 32.3. The Morgan fingerprint density at radius 1 is 0.933 bits per heavy atom. The molecule has 1 aliphatic heterocycles. The van der Waals surface area contributed by atoms with Crippen LogP contribution in [0.25, 0.3) is 6.08 Å². The summed E-state index contributed by atoms with van der Waals surface area (Å²) in [5.41, 5.74) is 2.81. The van der Waals surface area contributed by atoms with Crippen LogP contribution in [0.2, 0.25) is 10.0 Å². The summed E-state index contributed by atoms with van der Waals surface area (Å²) < 4.78 is 24.9. The number of nitrogens with zero attached hydrogens (tertiary/aromatic N) is 2. The second-order valence-electron chi connectivity index (χ2n) is 9.97. The van der Waals surface area contributed by atoms with Crippen LogP contribution in [0.3, 0.4) is 0 Å². The Morgan fingerprint density at radius 3 is 2.38 bits per heavy atom. The molecule has 0 amide bonds. The molecule has 45 heavy (non-hydrogen) atoms. The number of esters is 1. The van der Waals surface area contributed by atoms with Crippen LogP contribution < -0.4 is 29.1 Å². The van der Waals surface area contributed by atoms with E-state index in [0.29, 0.717) is 61.1 Å². The topological polar surface area (TPSA) is 88.4 Å². The van der Waals surface area contributed by atoms with Crippen molar-refractivity contribution in [1.82, 2.24) is 4.57 Å². The van der Waals surface area contributed by atoms with E-state index in [4.69, 9.17) is 42.1 Å². The Bertz CT molecular complexity index is 1930. The van der Waals surface area contributed by atoms with Crippen LogP contribution in [0.4, 0.5) is 0 Å². The molecule has 5 rings (SSSR count). The molecule has 1 unspecified atom stereocenters. The van der Waals surface area contributed by atoms with Gasteiger partial charge < -0.3 is 18.9 Å². The molecule has 1 aromatic heterocycles. The zero-order valence-corrected chi connectivity index (χ0v) is 27.6. The molecule has 0 radical (unpaired) electrons. The minimum atomic E-state index is -0.715. The van der Waals surface area contributed by atoms with E-state index in [1.807, 2.05) is 56.3 Å². The number of allylic oxidation sites excluding steroid dienone is 1. The molecule has 2 heterocycles. The summed E-state index contributed by atoms with van der Waals surface area (Å²) in [6.07, 6.45) is 1.78. The molecule has 0 saturated heterocycles. The van der Waals surface area contributed by atoms with Crippen molar-refractivity contribution in [2.45, 2.75) is 40.3 Å². The van der Waals surface area contributed by atoms with Crippen LogP contribution in [0.1, 0.15) is 50.4 Å². The highest BCUT2D eigenvalue weighted by Crippen LogP contribution is 2.33. The van der Waals surface area contributed by atoms with Gasteiger partial charge in [-0.2, -0.15) is 0 Å². The summed E-state index contributed by atoms with van der Waals surface area (Å²) in [6, 6.07) is 17.3. The Hall–Kier alpha value is -4.05. The maximum atomic E-state index is 14.0. The number of ether oxygens (including phenoxy) is 4. The van der Waals surface area contributed by atoms with Crippen LogP contribution in [-0.4, -0.2) is 30.4 Å². The highest BCUT2D eigenvalue weighted by atomic mass is 35.5. The molecule has 3 aromatic carbocycles. The van der Waals surface area contributed by atoms with E-state index in [9.17, 15) is 9.59 Å². The molecule has 11 heteroatoms. The maximum absolute atomic E-state index is 14.0. The summed E-state index contributed by atoms with van der Waals surface area (Å²) in [5.74, 6) is 1.24. The van der Waals surface area contributed by atoms with E-state index in [2.05, 4.69) is 4.99 Å². The monoisotopic (exact) mass is 666 g/mol. The first kappa shape index (κ1) is 32.3. The zero-order valence-electron chi connectivity index (χ0n) is 25.3. The van der Waals surface area contributed by atoms with Crippen LogP contribution in [-0.2, 0) is 16.1 Å². The van der Waals surface area contributed by atoms with Crippen molar-refractivity contribution in [3.63, 3.8) is 0 Å². The molecule has 0 fully saturated rings. The van der Waals surface area contributed by atoms with Crippen LogP contribution in [0, 0.1) is 0 Å². The number of fused-ring (bicyclic) bond motifs is 1. The van der Waals surface area contributed by atoms with Gasteiger partial charge in [-0.25, -0.2) is 9.79 Å². The van der Waals surface area contributed by atoms with Gasteiger partial charge in [0.15, 0.2) is 16.3 Å². The van der Waals surface area contributed by atoms with Gasteiger partial charge in [-0.15, -0.1) is 0 Å². The summed E-state index contributed by atoms with van der Waals surface area (Å²) in [5, 5.41) is 1.06. The molecule has 0 N–H and O–H groups in total. The van der Waals surface area contributed by atoms with E-state index in [1.54, 1.807) is 42.7 Å². The minimum absolute atomic E-state index is 0.199. The second-order valence-corrected chi connectivity index (χ2v) is 11.8. The molecule has 4 aromatic rings. The Labute approximate surface area is 274 Å². The summed E-state index contributed by atoms with van der Waals surface area (Å²) in [6.45, 7) is 8.66. The minimum Gasteiger partial charge on any atom is -0.494 e. The van der Waals surface area contributed by atoms with Crippen molar-refractivity contribution < 1.29 is 23.7 Å². The van der Waals surface area contributed by atoms with E-state index in [-0.39, 0.29) is 18.8 Å². The maximum Gasteiger partial charge on any atom is 0.338 e. The first-order chi connectivity index (χ1) is 21.7. The second kappa shape index (κ2) is 14.4. The van der Waals surface area contributed by atoms with E-state index < -0.39 is 12.0 Å². The number of thiazole rings is 1. The van der Waals surface area contributed by atoms with Gasteiger partial charge >= 0.3 is 5.97 Å². The van der Waals surface area contributed by atoms with Gasteiger partial charge in [0.25, 0.3) is 5.56 Å². The standard InChI is InChI=1S/C34H32Cl2N2O6S/c1-5-41-25-13-10-22(11-14-25)31-30(33(40)43-7-3)20(4)37-34-38(31)32(39)29(45-34)17-21-8-15-27(28(16-21)42-6-2)44-19-23-9-12-24(35)18-26(23)36/h8-18,31H,5-7,19H2,1-4H3/b29-17-. The molecule has 234 valence electrons. The lowest BCUT2D eigenvalue weighted by Gasteiger charge is -2.24. The Morgan fingerprint density at radius 2 is 1.69 bits per heavy atom. The third-order valence-corrected chi connectivity index (χ3v) is 8.56. The van der Waals surface area contributed by atoms with Crippen molar-refractivity contribution in [1.29, 1.82) is 0 Å². The van der Waals surface area contributed by atoms with Crippen LogP contribution >= 0.6 is 34.5 Å². The predicted octanol–water partition coefficient (Wildman–Crippen LogP) is 6.48. The fraction of sp³-hybridized carbons (Fsp3) is 0.265. The van der Waals surface area contributed by atoms with Gasteiger partial charge in [0.2, 0.25) is 0 Å². The number of hydrogen-bond acceptors (Lipinski definition) is 8. The Kier molecular flexibility index (Phi) is 10.3. The smallest absolute Gasteiger partial charge is 0.338 e. The predicted molar refractivity (Wildman–Crippen MR) is 176 cm³/mol. The largest absolute Gasteiger partial charge is 0.494 e. The van der Waals surface area contributed by atoms with Crippen molar-refractivity contribution in [3.8, 4) is 17.2 Å². The molecule has 8 nitrogen and oxygen atoms in total. The molecule has 0 spiro atoms. The van der Waals surface area contributed by atoms with Gasteiger partial charge in [-0.05, 0) is 81.3 Å². The lowest BCUT2D eigenvalue weighted by Crippen LogP contribution is -2.39. The third kappa shape index (κ3) is 7.11. The molecule has 0 bridgehead atoms. The van der Waals surface area contributed by atoms with Crippen molar-refractivity contribution in [2.75, 3.05) is 19.8 Å². The van der Waals surface area contributed by atoms with Crippen LogP contribution in [0.15, 0.2) is 81.7 Å². The number of carbonyl (C=O) groups is 1. The lowest BCUT2D eigenvalue weighted by atomic mass is 9.96. The fourth-order valence-corrected chi connectivity index (χ4v) is 6.48. The lowest BCUT2D eigenvalue weighted by molar-refractivity contribution is -0.139. The highest BCUT2D eigenvalue weighted by molar-refractivity contribution is 7.07. The van der Waals surface area contributed by atoms with E-state index in [1.165, 1.54) is 11.3 Å². The number of carbonyl (C=O) groups excluding carboxylic acids is 1. The van der Waals surface area contributed by atoms with Gasteiger partial charge in [-0.1, -0.05) is 58.8 Å². The first-order valence-corrected chi connectivity index (χ1v) is 16.1. The van der Waals surface area contributed by atoms with Crippen molar-refractivity contribution in [3.05, 3.63) is 118 Å². The zero-order chi connectivity index (χ0) is 32.1. The van der Waals surface area contributed by atoms with Crippen molar-refractivity contribution in [2.24, 2.45) is 4.99 Å². The van der Waals surface area contributed by atoms with Crippen molar-refractivity contribution >= 4 is 46.6 Å². The van der Waals surface area contributed by atoms with E-state index in [0.717, 1.165) is 16.7 Å². The SMILES string of the molecule is CCOC(=O)C1=C(C)N=c2s/c(=C\c3ccc(OCc4ccc(Cl)cc4Cl)c(OCC)c3)c(=O)n2C1c1ccc(OCC)cc1. The molecule has 1 atom stereocenters. The van der Waals surface area contributed by atoms with Gasteiger partial charge in [0, 0.05) is 15.6 Å². The number of halogens is 2. The highest BCUT2D eigenvalue weighted by Gasteiger charge is 2.33. The Balaban J connectivity index is 1.54. The van der Waals surface area contributed by atoms with Gasteiger partial charge in [0.1, 0.15) is 12.4 Å². The molecular formula is C34H32Cl2N2O6S. The fourth-order valence-electron chi connectivity index (χ4n) is 4.97. The average Bonchev–Trinajstić information content (AvgIpc) is 3.31. The molecule has 1 aliphatic rings. The number of benzene rings is 3. The normalized spacial score (nSPS) is 14.5. The molecular weight excluding hydrogens is 635 g/mol. The summed E-state index contributed by atoms with van der Waals surface area (Å²) in [7, 11) is 0. The average molecular weight is 668 g/mol. The number of hydrogen-bond donors (Lipinski definition) is 0. The molecule has 0 aliphatic carbocycles. The number of aromatic nitrogens is 1. The first-order valence-electron chi connectivity index (χ1n) is 14.5. The van der Waals surface area contributed by atoms with Gasteiger partial charge in [-0.3, -0.25) is 9.36 Å². The van der Waals surface area contributed by atoms with Crippen LogP contribution in [0.5, 0.6) is 17.2 Å². The molecule has 0 saturated carbocycles. The van der Waals surface area contributed by atoms with Gasteiger partial charge in [0.05, 0.1) is 41.7 Å². The third-order valence-electron chi connectivity index (χ3n) is 6.99. The quantitative estimate of drug-likeness (QED) is 0.170. The summed E-state index contributed by atoms with van der Waals surface area (Å²) >= 11 is 13.6. The number of rotatable bonds is 11. The van der Waals surface area contributed by atoms with E-state index >= 15 is 0 Å².